The van der Waals surface area contributed by atoms with Gasteiger partial charge in [0.15, 0.2) is 0 Å². The van der Waals surface area contributed by atoms with E-state index in [0.29, 0.717) is 18.0 Å². The van der Waals surface area contributed by atoms with Crippen molar-refractivity contribution < 1.29 is 14.3 Å². The molecule has 0 bridgehead atoms. The maximum atomic E-state index is 12.5. The number of methoxy groups -OCH3 is 1. The highest BCUT2D eigenvalue weighted by atomic mass is 32.1. The van der Waals surface area contributed by atoms with Gasteiger partial charge in [-0.3, -0.25) is 9.59 Å². The van der Waals surface area contributed by atoms with E-state index in [-0.39, 0.29) is 18.2 Å². The summed E-state index contributed by atoms with van der Waals surface area (Å²) in [5.74, 6) is 0.332. The van der Waals surface area contributed by atoms with Gasteiger partial charge in [0.2, 0.25) is 5.91 Å². The Labute approximate surface area is 138 Å². The van der Waals surface area contributed by atoms with Gasteiger partial charge in [-0.15, -0.1) is 11.3 Å². The van der Waals surface area contributed by atoms with Crippen molar-refractivity contribution in [3.63, 3.8) is 0 Å². The van der Waals surface area contributed by atoms with Gasteiger partial charge in [-0.25, -0.2) is 4.90 Å². The molecule has 0 unspecified atom stereocenters. The third kappa shape index (κ3) is 3.43. The molecule has 2 amide bonds. The van der Waals surface area contributed by atoms with Crippen molar-refractivity contribution >= 4 is 28.8 Å². The van der Waals surface area contributed by atoms with Crippen LogP contribution in [0.4, 0.5) is 5.69 Å². The third-order valence-electron chi connectivity index (χ3n) is 3.82. The third-order valence-corrected chi connectivity index (χ3v) is 4.76. The highest BCUT2D eigenvalue weighted by Gasteiger charge is 2.39. The number of amides is 2. The van der Waals surface area contributed by atoms with Crippen LogP contribution in [0.5, 0.6) is 5.75 Å². The summed E-state index contributed by atoms with van der Waals surface area (Å²) >= 11 is 1.69. The number of ether oxygens (including phenoxy) is 1. The van der Waals surface area contributed by atoms with Gasteiger partial charge < -0.3 is 10.1 Å². The second kappa shape index (κ2) is 6.93. The second-order valence-electron chi connectivity index (χ2n) is 5.31. The van der Waals surface area contributed by atoms with E-state index in [0.717, 1.165) is 6.42 Å². The van der Waals surface area contributed by atoms with Crippen LogP contribution in [-0.4, -0.2) is 31.5 Å². The van der Waals surface area contributed by atoms with E-state index in [9.17, 15) is 9.59 Å². The molecule has 2 heterocycles. The summed E-state index contributed by atoms with van der Waals surface area (Å²) in [5, 5.41) is 5.23. The van der Waals surface area contributed by atoms with Crippen LogP contribution in [0.3, 0.4) is 0 Å². The van der Waals surface area contributed by atoms with Gasteiger partial charge in [-0.05, 0) is 42.1 Å². The molecule has 120 valence electrons. The number of nitrogens with one attached hydrogen (secondary N) is 1. The lowest BCUT2D eigenvalue weighted by atomic mass is 10.2. The second-order valence-corrected chi connectivity index (χ2v) is 6.34. The van der Waals surface area contributed by atoms with E-state index in [1.54, 1.807) is 42.7 Å². The Bertz CT molecular complexity index is 682. The topological polar surface area (TPSA) is 58.6 Å². The van der Waals surface area contributed by atoms with Crippen LogP contribution < -0.4 is 15.0 Å². The first-order chi connectivity index (χ1) is 11.2. The highest BCUT2D eigenvalue weighted by molar-refractivity contribution is 7.09. The van der Waals surface area contributed by atoms with Crippen LogP contribution >= 0.6 is 11.3 Å². The van der Waals surface area contributed by atoms with Gasteiger partial charge in [0.25, 0.3) is 5.91 Å². The number of hydrogen-bond acceptors (Lipinski definition) is 5. The lowest BCUT2D eigenvalue weighted by Gasteiger charge is -2.15. The van der Waals surface area contributed by atoms with Crippen LogP contribution in [0.15, 0.2) is 41.8 Å². The normalized spacial score (nSPS) is 17.8. The SMILES string of the molecule is COc1ccc(N2C(=O)C[C@@H](NCCc3cccs3)C2=O)cc1. The number of carbonyl (C=O) groups is 2. The molecule has 3 rings (SSSR count). The van der Waals surface area contributed by atoms with Gasteiger partial charge in [0, 0.05) is 11.4 Å². The summed E-state index contributed by atoms with van der Waals surface area (Å²) in [6.07, 6.45) is 1.06. The molecule has 0 saturated carbocycles. The Morgan fingerprint density at radius 2 is 2.04 bits per heavy atom. The van der Waals surface area contributed by atoms with Crippen molar-refractivity contribution in [2.75, 3.05) is 18.6 Å². The van der Waals surface area contributed by atoms with Crippen LogP contribution in [0.2, 0.25) is 0 Å². The van der Waals surface area contributed by atoms with E-state index in [1.807, 2.05) is 11.4 Å². The lowest BCUT2D eigenvalue weighted by Crippen LogP contribution is -2.39. The van der Waals surface area contributed by atoms with Crippen molar-refractivity contribution in [3.05, 3.63) is 46.7 Å². The molecule has 5 nitrogen and oxygen atoms in total. The van der Waals surface area contributed by atoms with E-state index < -0.39 is 6.04 Å². The summed E-state index contributed by atoms with van der Waals surface area (Å²) in [6.45, 7) is 0.681. The molecule has 1 saturated heterocycles. The van der Waals surface area contributed by atoms with Crippen LogP contribution in [0.25, 0.3) is 0 Å². The van der Waals surface area contributed by atoms with Crippen molar-refractivity contribution in [1.29, 1.82) is 0 Å². The van der Waals surface area contributed by atoms with Crippen molar-refractivity contribution in [2.24, 2.45) is 0 Å². The van der Waals surface area contributed by atoms with Gasteiger partial charge in [-0.1, -0.05) is 6.07 Å². The van der Waals surface area contributed by atoms with Gasteiger partial charge >= 0.3 is 0 Å². The average molecular weight is 330 g/mol. The number of nitrogens with zero attached hydrogens (tertiary/aromatic N) is 1. The molecule has 1 N–H and O–H groups in total. The van der Waals surface area contributed by atoms with E-state index >= 15 is 0 Å². The predicted octanol–water partition coefficient (Wildman–Crippen LogP) is 2.22. The molecule has 2 aromatic rings. The lowest BCUT2D eigenvalue weighted by molar-refractivity contribution is -0.121. The molecule has 0 aliphatic carbocycles. The Morgan fingerprint density at radius 3 is 2.70 bits per heavy atom. The fourth-order valence-electron chi connectivity index (χ4n) is 2.62. The van der Waals surface area contributed by atoms with Crippen LogP contribution in [-0.2, 0) is 16.0 Å². The van der Waals surface area contributed by atoms with Crippen molar-refractivity contribution in [1.82, 2.24) is 5.32 Å². The number of rotatable bonds is 6. The number of thiophene rings is 1. The molecular formula is C17H18N2O3S. The molecule has 1 aromatic heterocycles. The molecule has 1 atom stereocenters. The van der Waals surface area contributed by atoms with Gasteiger partial charge in [0.1, 0.15) is 5.75 Å². The standard InChI is InChI=1S/C17H18N2O3S/c1-22-13-6-4-12(5-7-13)19-16(20)11-15(17(19)21)18-9-8-14-3-2-10-23-14/h2-7,10,15,18H,8-9,11H2,1H3/t15-/m1/s1. The van der Waals surface area contributed by atoms with E-state index in [1.165, 1.54) is 9.78 Å². The largest absolute Gasteiger partial charge is 0.497 e. The molecule has 23 heavy (non-hydrogen) atoms. The summed E-state index contributed by atoms with van der Waals surface area (Å²) in [6, 6.07) is 10.6. The molecule has 0 radical (unpaired) electrons. The van der Waals surface area contributed by atoms with Crippen LogP contribution in [0.1, 0.15) is 11.3 Å². The number of carbonyl (C=O) groups excluding carboxylic acids is 2. The molecule has 1 aliphatic heterocycles. The predicted molar refractivity (Wildman–Crippen MR) is 89.9 cm³/mol. The minimum absolute atomic E-state index is 0.172. The van der Waals surface area contributed by atoms with Crippen molar-refractivity contribution in [2.45, 2.75) is 18.9 Å². The van der Waals surface area contributed by atoms with Gasteiger partial charge in [0.05, 0.1) is 25.3 Å². The molecule has 1 fully saturated rings. The Balaban J connectivity index is 1.62. The first kappa shape index (κ1) is 15.7. The fourth-order valence-corrected chi connectivity index (χ4v) is 3.33. The maximum Gasteiger partial charge on any atom is 0.251 e. The summed E-state index contributed by atoms with van der Waals surface area (Å²) in [7, 11) is 1.58. The quantitative estimate of drug-likeness (QED) is 0.825. The van der Waals surface area contributed by atoms with Gasteiger partial charge in [-0.2, -0.15) is 0 Å². The Morgan fingerprint density at radius 1 is 1.26 bits per heavy atom. The average Bonchev–Trinajstić information content (AvgIpc) is 3.17. The molecule has 0 spiro atoms. The molecule has 1 aromatic carbocycles. The van der Waals surface area contributed by atoms with Crippen LogP contribution in [0, 0.1) is 0 Å². The fraction of sp³-hybridized carbons (Fsp3) is 0.294. The highest BCUT2D eigenvalue weighted by Crippen LogP contribution is 2.25. The Hall–Kier alpha value is -2.18. The van der Waals surface area contributed by atoms with E-state index in [2.05, 4.69) is 11.4 Å². The number of hydrogen-bond donors (Lipinski definition) is 1. The minimum Gasteiger partial charge on any atom is -0.497 e. The Kier molecular flexibility index (Phi) is 4.73. The summed E-state index contributed by atoms with van der Waals surface area (Å²) < 4.78 is 5.10. The molecule has 1 aliphatic rings. The number of imide groups is 1. The summed E-state index contributed by atoms with van der Waals surface area (Å²) in [5.41, 5.74) is 0.586. The smallest absolute Gasteiger partial charge is 0.251 e. The maximum absolute atomic E-state index is 12.5. The summed E-state index contributed by atoms with van der Waals surface area (Å²) in [4.78, 5) is 27.2. The van der Waals surface area contributed by atoms with E-state index in [4.69, 9.17) is 4.74 Å². The first-order valence-electron chi connectivity index (χ1n) is 7.45. The number of benzene rings is 1. The molecule has 6 heteroatoms. The minimum atomic E-state index is -0.440. The van der Waals surface area contributed by atoms with Crippen molar-refractivity contribution in [3.8, 4) is 5.75 Å². The monoisotopic (exact) mass is 330 g/mol. The number of anilines is 1. The zero-order valence-electron chi connectivity index (χ0n) is 12.8. The zero-order valence-corrected chi connectivity index (χ0v) is 13.6. The first-order valence-corrected chi connectivity index (χ1v) is 8.33. The molecular weight excluding hydrogens is 312 g/mol. The zero-order chi connectivity index (χ0) is 16.2.